The van der Waals surface area contributed by atoms with Crippen LogP contribution in [0.4, 0.5) is 5.69 Å². The molecule has 2 N–H and O–H groups in total. The van der Waals surface area contributed by atoms with E-state index >= 15 is 0 Å². The molecule has 0 radical (unpaired) electrons. The van der Waals surface area contributed by atoms with Gasteiger partial charge in [-0.05, 0) is 25.1 Å². The van der Waals surface area contributed by atoms with Crippen LogP contribution in [0.25, 0.3) is 11.0 Å². The number of aromatic nitrogens is 2. The molecule has 0 amide bonds. The number of hydrogen-bond donors (Lipinski definition) is 2. The van der Waals surface area contributed by atoms with Gasteiger partial charge in [-0.15, -0.1) is 0 Å². The van der Waals surface area contributed by atoms with E-state index in [1.54, 1.807) is 25.1 Å². The second kappa shape index (κ2) is 3.65. The summed E-state index contributed by atoms with van der Waals surface area (Å²) in [7, 11) is 0. The van der Waals surface area contributed by atoms with E-state index in [1.807, 2.05) is 0 Å². The standard InChI is InChI=1S/C10H9N3O2/c1-6(15)10-12-8-3-2-7(11-5-14)4-9(8)13-10/h2-4,6,15H,1H3,(H,12,13). The van der Waals surface area contributed by atoms with Gasteiger partial charge in [0.1, 0.15) is 11.9 Å². The molecular formula is C10H9N3O2. The number of nitrogens with zero attached hydrogens (tertiary/aromatic N) is 2. The fourth-order valence-corrected chi connectivity index (χ4v) is 1.34. The normalized spacial score (nSPS) is 12.4. The fourth-order valence-electron chi connectivity index (χ4n) is 1.34. The Morgan fingerprint density at radius 3 is 3.07 bits per heavy atom. The van der Waals surface area contributed by atoms with Crippen molar-refractivity contribution in [1.82, 2.24) is 9.97 Å². The van der Waals surface area contributed by atoms with Gasteiger partial charge in [0.2, 0.25) is 6.08 Å². The van der Waals surface area contributed by atoms with Gasteiger partial charge in [-0.3, -0.25) is 0 Å². The molecule has 0 spiro atoms. The molecule has 15 heavy (non-hydrogen) atoms. The molecule has 1 unspecified atom stereocenters. The molecule has 2 rings (SSSR count). The first kappa shape index (κ1) is 9.58. The summed E-state index contributed by atoms with van der Waals surface area (Å²) in [6, 6.07) is 5.08. The van der Waals surface area contributed by atoms with Gasteiger partial charge in [-0.25, -0.2) is 9.78 Å². The Hall–Kier alpha value is -1.97. The van der Waals surface area contributed by atoms with Gasteiger partial charge >= 0.3 is 0 Å². The molecule has 1 aromatic heterocycles. The number of fused-ring (bicyclic) bond motifs is 1. The molecule has 0 aliphatic rings. The average molecular weight is 203 g/mol. The largest absolute Gasteiger partial charge is 0.385 e. The third kappa shape index (κ3) is 1.79. The number of carbonyl (C=O) groups excluding carboxylic acids is 1. The molecule has 1 atom stereocenters. The smallest absolute Gasteiger partial charge is 0.240 e. The van der Waals surface area contributed by atoms with Crippen LogP contribution in [0, 0.1) is 0 Å². The van der Waals surface area contributed by atoms with Crippen LogP contribution in [0.3, 0.4) is 0 Å². The summed E-state index contributed by atoms with van der Waals surface area (Å²) in [6.45, 7) is 1.63. The predicted octanol–water partition coefficient (Wildman–Crippen LogP) is 1.58. The summed E-state index contributed by atoms with van der Waals surface area (Å²) in [5.41, 5.74) is 1.98. The molecule has 76 valence electrons. The van der Waals surface area contributed by atoms with E-state index in [0.29, 0.717) is 11.5 Å². The van der Waals surface area contributed by atoms with E-state index in [9.17, 15) is 9.90 Å². The minimum atomic E-state index is -0.643. The van der Waals surface area contributed by atoms with Gasteiger partial charge in [0.05, 0.1) is 16.7 Å². The maximum Gasteiger partial charge on any atom is 0.240 e. The first-order valence-electron chi connectivity index (χ1n) is 4.46. The summed E-state index contributed by atoms with van der Waals surface area (Å²) in [6.07, 6.45) is 0.826. The van der Waals surface area contributed by atoms with Gasteiger partial charge in [0.15, 0.2) is 0 Å². The number of benzene rings is 1. The fraction of sp³-hybridized carbons (Fsp3) is 0.200. The van der Waals surface area contributed by atoms with Gasteiger partial charge in [-0.2, -0.15) is 4.99 Å². The third-order valence-electron chi connectivity index (χ3n) is 2.05. The zero-order valence-corrected chi connectivity index (χ0v) is 8.06. The van der Waals surface area contributed by atoms with E-state index < -0.39 is 6.10 Å². The van der Waals surface area contributed by atoms with Crippen molar-refractivity contribution in [2.75, 3.05) is 0 Å². The lowest BCUT2D eigenvalue weighted by Gasteiger charge is -1.95. The van der Waals surface area contributed by atoms with Crippen LogP contribution in [0.1, 0.15) is 18.9 Å². The molecule has 2 aromatic rings. The van der Waals surface area contributed by atoms with Crippen molar-refractivity contribution in [2.24, 2.45) is 4.99 Å². The highest BCUT2D eigenvalue weighted by molar-refractivity contribution is 5.79. The topological polar surface area (TPSA) is 78.3 Å². The number of aromatic amines is 1. The van der Waals surface area contributed by atoms with Crippen molar-refractivity contribution in [3.63, 3.8) is 0 Å². The Kier molecular flexibility index (Phi) is 2.33. The van der Waals surface area contributed by atoms with E-state index in [0.717, 1.165) is 11.0 Å². The van der Waals surface area contributed by atoms with Crippen LogP contribution >= 0.6 is 0 Å². The Bertz CT molecular complexity index is 539. The van der Waals surface area contributed by atoms with Crippen LogP contribution in [-0.4, -0.2) is 21.2 Å². The molecule has 0 aliphatic heterocycles. The molecule has 1 aromatic carbocycles. The zero-order valence-electron chi connectivity index (χ0n) is 8.06. The highest BCUT2D eigenvalue weighted by atomic mass is 16.3. The number of aliphatic hydroxyl groups is 1. The summed E-state index contributed by atoms with van der Waals surface area (Å²) >= 11 is 0. The third-order valence-corrected chi connectivity index (χ3v) is 2.05. The number of aliphatic hydroxyl groups excluding tert-OH is 1. The second-order valence-electron chi connectivity index (χ2n) is 3.20. The summed E-state index contributed by atoms with van der Waals surface area (Å²) < 4.78 is 0. The molecule has 0 aliphatic carbocycles. The number of imidazole rings is 1. The molecule has 0 fully saturated rings. The van der Waals surface area contributed by atoms with Crippen molar-refractivity contribution in [3.05, 3.63) is 24.0 Å². The second-order valence-corrected chi connectivity index (χ2v) is 3.20. The van der Waals surface area contributed by atoms with Crippen molar-refractivity contribution in [1.29, 1.82) is 0 Å². The Morgan fingerprint density at radius 2 is 2.40 bits per heavy atom. The zero-order chi connectivity index (χ0) is 10.8. The number of H-pyrrole nitrogens is 1. The minimum absolute atomic E-state index is 0.497. The molecule has 0 saturated heterocycles. The summed E-state index contributed by atoms with van der Waals surface area (Å²) in [5.74, 6) is 0.497. The Balaban J connectivity index is 2.56. The van der Waals surface area contributed by atoms with Gasteiger partial charge in [-0.1, -0.05) is 0 Å². The van der Waals surface area contributed by atoms with Crippen LogP contribution in [0.15, 0.2) is 23.2 Å². The van der Waals surface area contributed by atoms with E-state index in [4.69, 9.17) is 0 Å². The van der Waals surface area contributed by atoms with Gasteiger partial charge in [0, 0.05) is 0 Å². The predicted molar refractivity (Wildman–Crippen MR) is 54.5 cm³/mol. The molecule has 1 heterocycles. The lowest BCUT2D eigenvalue weighted by Crippen LogP contribution is -1.92. The SMILES string of the molecule is CC(O)c1nc2ccc(N=C=O)cc2[nH]1. The number of aliphatic imine (C=N–C) groups is 1. The van der Waals surface area contributed by atoms with E-state index in [2.05, 4.69) is 15.0 Å². The first-order valence-corrected chi connectivity index (χ1v) is 4.46. The number of hydrogen-bond acceptors (Lipinski definition) is 4. The van der Waals surface area contributed by atoms with Crippen molar-refractivity contribution in [3.8, 4) is 0 Å². The average Bonchev–Trinajstić information content (AvgIpc) is 2.61. The Labute approximate surface area is 85.5 Å². The van der Waals surface area contributed by atoms with Crippen molar-refractivity contribution in [2.45, 2.75) is 13.0 Å². The molecule has 0 saturated carbocycles. The monoisotopic (exact) mass is 203 g/mol. The number of isocyanates is 1. The molecule has 0 bridgehead atoms. The van der Waals surface area contributed by atoms with Crippen molar-refractivity contribution < 1.29 is 9.90 Å². The molecular weight excluding hydrogens is 194 g/mol. The van der Waals surface area contributed by atoms with Crippen LogP contribution in [-0.2, 0) is 4.79 Å². The number of nitrogens with one attached hydrogen (secondary N) is 1. The molecule has 5 nitrogen and oxygen atoms in total. The van der Waals surface area contributed by atoms with Crippen LogP contribution in [0.2, 0.25) is 0 Å². The quantitative estimate of drug-likeness (QED) is 0.574. The van der Waals surface area contributed by atoms with Gasteiger partial charge < -0.3 is 10.1 Å². The highest BCUT2D eigenvalue weighted by Crippen LogP contribution is 2.20. The van der Waals surface area contributed by atoms with Crippen LogP contribution in [0.5, 0.6) is 0 Å². The first-order chi connectivity index (χ1) is 7.20. The van der Waals surface area contributed by atoms with E-state index in [-0.39, 0.29) is 0 Å². The Morgan fingerprint density at radius 1 is 1.60 bits per heavy atom. The lowest BCUT2D eigenvalue weighted by atomic mass is 10.3. The van der Waals surface area contributed by atoms with E-state index in [1.165, 1.54) is 6.08 Å². The maximum absolute atomic E-state index is 10.1. The summed E-state index contributed by atoms with van der Waals surface area (Å²) in [5, 5.41) is 9.32. The molecule has 5 heteroatoms. The minimum Gasteiger partial charge on any atom is -0.385 e. The maximum atomic E-state index is 10.1. The lowest BCUT2D eigenvalue weighted by molar-refractivity contribution is 0.190. The van der Waals surface area contributed by atoms with Gasteiger partial charge in [0.25, 0.3) is 0 Å². The summed E-state index contributed by atoms with van der Waals surface area (Å²) in [4.78, 5) is 20.7. The van der Waals surface area contributed by atoms with Crippen molar-refractivity contribution >= 4 is 22.8 Å². The number of rotatable bonds is 2. The van der Waals surface area contributed by atoms with Crippen LogP contribution < -0.4 is 0 Å². The highest BCUT2D eigenvalue weighted by Gasteiger charge is 2.07.